The Morgan fingerprint density at radius 1 is 1.19 bits per heavy atom. The molecule has 1 aromatic heterocycles. The van der Waals surface area contributed by atoms with Crippen LogP contribution in [0.1, 0.15) is 25.0 Å². The normalized spacial score (nSPS) is 17.6. The van der Waals surface area contributed by atoms with Crippen molar-refractivity contribution in [3.05, 3.63) is 36.2 Å². The average Bonchev–Trinajstić information content (AvgIpc) is 3.05. The Labute approximate surface area is 94.2 Å². The molecule has 3 nitrogen and oxygen atoms in total. The summed E-state index contributed by atoms with van der Waals surface area (Å²) in [7, 11) is 0. The summed E-state index contributed by atoms with van der Waals surface area (Å²) in [4.78, 5) is 8.89. The quantitative estimate of drug-likeness (QED) is 0.851. The van der Waals surface area contributed by atoms with Crippen LogP contribution < -0.4 is 0 Å². The number of fused-ring (bicyclic) bond motifs is 1. The van der Waals surface area contributed by atoms with E-state index in [-0.39, 0.29) is 0 Å². The van der Waals surface area contributed by atoms with Crippen molar-refractivity contribution >= 4 is 11.0 Å². The van der Waals surface area contributed by atoms with E-state index in [9.17, 15) is 5.11 Å². The highest BCUT2D eigenvalue weighted by Crippen LogP contribution is 2.39. The first-order chi connectivity index (χ1) is 7.75. The zero-order valence-electron chi connectivity index (χ0n) is 9.06. The van der Waals surface area contributed by atoms with Crippen LogP contribution >= 0.6 is 0 Å². The van der Waals surface area contributed by atoms with Crippen molar-refractivity contribution < 1.29 is 5.11 Å². The van der Waals surface area contributed by atoms with E-state index in [1.54, 1.807) is 0 Å². The molecule has 1 heterocycles. The molecule has 0 amide bonds. The van der Waals surface area contributed by atoms with Gasteiger partial charge in [-0.15, -0.1) is 0 Å². The Bertz CT molecular complexity index is 520. The topological polar surface area (TPSA) is 46.0 Å². The van der Waals surface area contributed by atoms with Gasteiger partial charge >= 0.3 is 0 Å². The molecule has 1 N–H and O–H groups in total. The number of aliphatic hydroxyl groups is 1. The molecule has 82 valence electrons. The minimum absolute atomic E-state index is 0.396. The molecule has 0 unspecified atom stereocenters. The summed E-state index contributed by atoms with van der Waals surface area (Å²) >= 11 is 0. The molecule has 1 aliphatic carbocycles. The molecule has 1 aromatic carbocycles. The zero-order valence-corrected chi connectivity index (χ0v) is 9.06. The van der Waals surface area contributed by atoms with Gasteiger partial charge in [-0.25, -0.2) is 4.98 Å². The molecule has 2 aromatic rings. The van der Waals surface area contributed by atoms with E-state index < -0.39 is 5.60 Å². The smallest absolute Gasteiger partial charge is 0.0890 e. The van der Waals surface area contributed by atoms with Gasteiger partial charge in [-0.1, -0.05) is 12.1 Å². The Hall–Kier alpha value is -1.48. The first kappa shape index (κ1) is 9.73. The van der Waals surface area contributed by atoms with Gasteiger partial charge in [0.2, 0.25) is 0 Å². The molecule has 3 heteroatoms. The number of hydrogen-bond acceptors (Lipinski definition) is 3. The van der Waals surface area contributed by atoms with Crippen LogP contribution in [0.5, 0.6) is 0 Å². The molecular formula is C13H14N2O. The van der Waals surface area contributed by atoms with Gasteiger partial charge in [0.05, 0.1) is 22.3 Å². The van der Waals surface area contributed by atoms with Crippen molar-refractivity contribution in [2.75, 3.05) is 0 Å². The molecule has 1 fully saturated rings. The van der Waals surface area contributed by atoms with Crippen molar-refractivity contribution in [3.63, 3.8) is 0 Å². The summed E-state index contributed by atoms with van der Waals surface area (Å²) in [6, 6.07) is 7.86. The minimum atomic E-state index is -0.396. The van der Waals surface area contributed by atoms with E-state index >= 15 is 0 Å². The Kier molecular flexibility index (Phi) is 2.14. The number of aromatic nitrogens is 2. The highest BCUT2D eigenvalue weighted by Gasteiger charge is 2.39. The Morgan fingerprint density at radius 3 is 2.69 bits per heavy atom. The molecule has 0 spiro atoms. The second kappa shape index (κ2) is 3.52. The predicted molar refractivity (Wildman–Crippen MR) is 62.0 cm³/mol. The van der Waals surface area contributed by atoms with Crippen LogP contribution in [0.25, 0.3) is 11.0 Å². The third kappa shape index (κ3) is 1.91. The van der Waals surface area contributed by atoms with Gasteiger partial charge in [0, 0.05) is 6.20 Å². The van der Waals surface area contributed by atoms with Gasteiger partial charge in [-0.2, -0.15) is 0 Å². The summed E-state index contributed by atoms with van der Waals surface area (Å²) in [6.07, 6.45) is 5.31. The summed E-state index contributed by atoms with van der Waals surface area (Å²) in [5.74, 6) is 0. The lowest BCUT2D eigenvalue weighted by Gasteiger charge is -2.06. The van der Waals surface area contributed by atoms with E-state index in [1.165, 1.54) is 0 Å². The van der Waals surface area contributed by atoms with E-state index in [0.29, 0.717) is 0 Å². The van der Waals surface area contributed by atoms with Gasteiger partial charge in [-0.05, 0) is 37.8 Å². The number of para-hydroxylation sites is 2. The second-order valence-corrected chi connectivity index (χ2v) is 4.57. The van der Waals surface area contributed by atoms with E-state index in [0.717, 1.165) is 42.4 Å². The second-order valence-electron chi connectivity index (χ2n) is 4.57. The fraction of sp³-hybridized carbons (Fsp3) is 0.385. The van der Waals surface area contributed by atoms with Crippen LogP contribution in [0.2, 0.25) is 0 Å². The number of nitrogens with zero attached hydrogens (tertiary/aromatic N) is 2. The van der Waals surface area contributed by atoms with Gasteiger partial charge in [-0.3, -0.25) is 4.98 Å². The lowest BCUT2D eigenvalue weighted by atomic mass is 10.1. The number of rotatable bonds is 3. The van der Waals surface area contributed by atoms with Gasteiger partial charge < -0.3 is 5.11 Å². The van der Waals surface area contributed by atoms with Crippen molar-refractivity contribution in [2.45, 2.75) is 31.3 Å². The van der Waals surface area contributed by atoms with E-state index in [4.69, 9.17) is 0 Å². The molecule has 1 saturated carbocycles. The summed E-state index contributed by atoms with van der Waals surface area (Å²) in [6.45, 7) is 0. The van der Waals surface area contributed by atoms with E-state index in [1.807, 2.05) is 30.5 Å². The van der Waals surface area contributed by atoms with Gasteiger partial charge in [0.25, 0.3) is 0 Å². The Morgan fingerprint density at radius 2 is 1.94 bits per heavy atom. The first-order valence-electron chi connectivity index (χ1n) is 5.68. The standard InChI is InChI=1S/C13H14N2O/c16-13(7-8-13)6-5-10-9-14-11-3-1-2-4-12(11)15-10/h1-4,9,16H,5-8H2. The van der Waals surface area contributed by atoms with Crippen LogP contribution in [0.4, 0.5) is 0 Å². The van der Waals surface area contributed by atoms with Crippen LogP contribution in [0.15, 0.2) is 30.5 Å². The number of aryl methyl sites for hydroxylation is 1. The molecule has 0 radical (unpaired) electrons. The fourth-order valence-corrected chi connectivity index (χ4v) is 1.87. The lowest BCUT2D eigenvalue weighted by Crippen LogP contribution is -2.08. The van der Waals surface area contributed by atoms with Gasteiger partial charge in [0.15, 0.2) is 0 Å². The molecule has 0 saturated heterocycles. The third-order valence-corrected chi connectivity index (χ3v) is 3.17. The van der Waals surface area contributed by atoms with E-state index in [2.05, 4.69) is 9.97 Å². The summed E-state index contributed by atoms with van der Waals surface area (Å²) in [5.41, 5.74) is 2.44. The van der Waals surface area contributed by atoms with Crippen LogP contribution in [0, 0.1) is 0 Å². The fourth-order valence-electron chi connectivity index (χ4n) is 1.87. The van der Waals surface area contributed by atoms with Crippen LogP contribution in [-0.2, 0) is 6.42 Å². The molecule has 16 heavy (non-hydrogen) atoms. The van der Waals surface area contributed by atoms with Crippen molar-refractivity contribution in [1.29, 1.82) is 0 Å². The number of hydrogen-bond donors (Lipinski definition) is 1. The lowest BCUT2D eigenvalue weighted by molar-refractivity contribution is 0.140. The van der Waals surface area contributed by atoms with Crippen LogP contribution in [-0.4, -0.2) is 20.7 Å². The first-order valence-corrected chi connectivity index (χ1v) is 5.68. The van der Waals surface area contributed by atoms with Crippen molar-refractivity contribution in [1.82, 2.24) is 9.97 Å². The predicted octanol–water partition coefficient (Wildman–Crippen LogP) is 2.09. The number of benzene rings is 1. The molecule has 0 bridgehead atoms. The van der Waals surface area contributed by atoms with Crippen molar-refractivity contribution in [2.24, 2.45) is 0 Å². The van der Waals surface area contributed by atoms with Crippen LogP contribution in [0.3, 0.4) is 0 Å². The molecule has 1 aliphatic rings. The monoisotopic (exact) mass is 214 g/mol. The molecular weight excluding hydrogens is 200 g/mol. The molecule has 0 aliphatic heterocycles. The largest absolute Gasteiger partial charge is 0.390 e. The zero-order chi connectivity index (χ0) is 11.0. The molecule has 3 rings (SSSR count). The Balaban J connectivity index is 1.81. The maximum atomic E-state index is 9.76. The van der Waals surface area contributed by atoms with Crippen molar-refractivity contribution in [3.8, 4) is 0 Å². The molecule has 0 atom stereocenters. The maximum Gasteiger partial charge on any atom is 0.0890 e. The summed E-state index contributed by atoms with van der Waals surface area (Å²) < 4.78 is 0. The maximum absolute atomic E-state index is 9.76. The highest BCUT2D eigenvalue weighted by molar-refractivity contribution is 5.73. The summed E-state index contributed by atoms with van der Waals surface area (Å²) in [5, 5.41) is 9.76. The highest BCUT2D eigenvalue weighted by atomic mass is 16.3. The SMILES string of the molecule is OC1(CCc2cnc3ccccc3n2)CC1. The average molecular weight is 214 g/mol. The van der Waals surface area contributed by atoms with Gasteiger partial charge in [0.1, 0.15) is 0 Å². The minimum Gasteiger partial charge on any atom is -0.390 e. The third-order valence-electron chi connectivity index (χ3n) is 3.17.